The first-order valence-corrected chi connectivity index (χ1v) is 14.9. The van der Waals surface area contributed by atoms with Gasteiger partial charge in [-0.1, -0.05) is 54.1 Å². The van der Waals surface area contributed by atoms with Crippen molar-refractivity contribution in [3.8, 4) is 5.75 Å². The van der Waals surface area contributed by atoms with Gasteiger partial charge in [-0.25, -0.2) is 4.79 Å². The zero-order valence-corrected chi connectivity index (χ0v) is 27.7. The van der Waals surface area contributed by atoms with Crippen LogP contribution in [0.1, 0.15) is 81.0 Å². The van der Waals surface area contributed by atoms with E-state index in [4.69, 9.17) is 4.74 Å². The summed E-state index contributed by atoms with van der Waals surface area (Å²) < 4.78 is 5.53. The van der Waals surface area contributed by atoms with Gasteiger partial charge in [-0.15, -0.1) is 0 Å². The van der Waals surface area contributed by atoms with Crippen LogP contribution in [0.15, 0.2) is 60.7 Å². The maximum Gasteiger partial charge on any atom is 0.408 e. The highest BCUT2D eigenvalue weighted by molar-refractivity contribution is 6.00. The van der Waals surface area contributed by atoms with Crippen molar-refractivity contribution in [2.24, 2.45) is 0 Å². The Morgan fingerprint density at radius 2 is 1.43 bits per heavy atom. The van der Waals surface area contributed by atoms with E-state index >= 15 is 0 Å². The molecule has 0 spiro atoms. The number of phenolic OH excluding ortho intramolecular Hbond substituents is 1. The van der Waals surface area contributed by atoms with Gasteiger partial charge in [0, 0.05) is 17.6 Å². The summed E-state index contributed by atoms with van der Waals surface area (Å²) in [6.45, 7) is 18.6. The van der Waals surface area contributed by atoms with Crippen molar-refractivity contribution in [3.63, 3.8) is 0 Å². The minimum Gasteiger partial charge on any atom is -0.508 e. The van der Waals surface area contributed by atoms with Crippen LogP contribution in [0, 0.1) is 27.7 Å². The molecule has 2 atom stereocenters. The molecule has 236 valence electrons. The molecule has 3 aromatic rings. The van der Waals surface area contributed by atoms with Crippen LogP contribution in [-0.4, -0.2) is 45.1 Å². The van der Waals surface area contributed by atoms with Crippen LogP contribution >= 0.6 is 0 Å². The van der Waals surface area contributed by atoms with E-state index in [-0.39, 0.29) is 18.1 Å². The number of aryl methyl sites for hydroxylation is 4. The minimum absolute atomic E-state index is 0.0891. The zero-order valence-electron chi connectivity index (χ0n) is 27.7. The summed E-state index contributed by atoms with van der Waals surface area (Å²) >= 11 is 0. The van der Waals surface area contributed by atoms with Crippen LogP contribution in [0.4, 0.5) is 10.5 Å². The Labute approximate surface area is 261 Å². The number of hydrogen-bond acceptors (Lipinski definition) is 5. The summed E-state index contributed by atoms with van der Waals surface area (Å²) in [5, 5.41) is 15.7. The molecule has 0 aliphatic heterocycles. The average molecular weight is 602 g/mol. The third-order valence-electron chi connectivity index (χ3n) is 7.29. The standard InChI is InChI=1S/C36H47N3O5/c1-22-14-15-23(2)28(20-22)31(32(41)38-30-24(3)12-11-13-25(30)4)39(35(5,6)7)33(42)29(37-34(43)44-36(8,9)10)21-26-16-18-27(40)19-17-26/h11-20,29,31,40H,21H2,1-10H3,(H,37,43)(H,38,41). The number of carbonyl (C=O) groups excluding carboxylic acids is 3. The second-order valence-corrected chi connectivity index (χ2v) is 13.5. The van der Waals surface area contributed by atoms with Gasteiger partial charge in [0.1, 0.15) is 23.4 Å². The summed E-state index contributed by atoms with van der Waals surface area (Å²) in [4.78, 5) is 43.9. The van der Waals surface area contributed by atoms with Gasteiger partial charge >= 0.3 is 6.09 Å². The molecule has 0 heterocycles. The van der Waals surface area contributed by atoms with Gasteiger partial charge in [0.05, 0.1) is 0 Å². The topological polar surface area (TPSA) is 108 Å². The molecule has 0 aliphatic rings. The van der Waals surface area contributed by atoms with E-state index in [0.717, 1.165) is 22.3 Å². The van der Waals surface area contributed by atoms with Crippen LogP contribution in [0.3, 0.4) is 0 Å². The van der Waals surface area contributed by atoms with Gasteiger partial charge in [0.25, 0.3) is 5.91 Å². The van der Waals surface area contributed by atoms with Crippen LogP contribution in [0.5, 0.6) is 5.75 Å². The second-order valence-electron chi connectivity index (χ2n) is 13.5. The number of benzene rings is 3. The van der Waals surface area contributed by atoms with E-state index in [0.29, 0.717) is 16.8 Å². The molecule has 44 heavy (non-hydrogen) atoms. The molecule has 0 bridgehead atoms. The molecule has 8 nitrogen and oxygen atoms in total. The molecule has 3 N–H and O–H groups in total. The highest BCUT2D eigenvalue weighted by Crippen LogP contribution is 2.34. The Morgan fingerprint density at radius 3 is 1.98 bits per heavy atom. The fourth-order valence-electron chi connectivity index (χ4n) is 5.19. The highest BCUT2D eigenvalue weighted by atomic mass is 16.6. The van der Waals surface area contributed by atoms with Crippen molar-refractivity contribution < 1.29 is 24.2 Å². The van der Waals surface area contributed by atoms with E-state index in [9.17, 15) is 19.5 Å². The van der Waals surface area contributed by atoms with Crippen LogP contribution < -0.4 is 10.6 Å². The maximum atomic E-state index is 14.8. The number of phenols is 1. The number of rotatable bonds is 8. The summed E-state index contributed by atoms with van der Waals surface area (Å²) in [5.74, 6) is -0.717. The maximum absolute atomic E-state index is 14.8. The lowest BCUT2D eigenvalue weighted by molar-refractivity contribution is -0.146. The lowest BCUT2D eigenvalue weighted by atomic mass is 9.91. The molecule has 0 aliphatic carbocycles. The number of nitrogens with one attached hydrogen (secondary N) is 2. The highest BCUT2D eigenvalue weighted by Gasteiger charge is 2.42. The predicted molar refractivity (Wildman–Crippen MR) is 175 cm³/mol. The molecular formula is C36H47N3O5. The monoisotopic (exact) mass is 601 g/mol. The van der Waals surface area contributed by atoms with Crippen molar-refractivity contribution in [1.29, 1.82) is 0 Å². The number of alkyl carbamates (subject to hydrolysis) is 1. The third kappa shape index (κ3) is 8.85. The van der Waals surface area contributed by atoms with Gasteiger partial charge in [0.15, 0.2) is 0 Å². The molecule has 3 rings (SSSR count). The summed E-state index contributed by atoms with van der Waals surface area (Å²) in [7, 11) is 0. The predicted octanol–water partition coefficient (Wildman–Crippen LogP) is 7.07. The van der Waals surface area contributed by atoms with Crippen LogP contribution in [-0.2, 0) is 20.7 Å². The Balaban J connectivity index is 2.18. The van der Waals surface area contributed by atoms with Crippen molar-refractivity contribution >= 4 is 23.6 Å². The largest absolute Gasteiger partial charge is 0.508 e. The van der Waals surface area contributed by atoms with E-state index in [2.05, 4.69) is 10.6 Å². The number of aromatic hydroxyl groups is 1. The summed E-state index contributed by atoms with van der Waals surface area (Å²) in [6, 6.07) is 16.0. The number of nitrogens with zero attached hydrogens (tertiary/aromatic N) is 1. The number of para-hydroxylation sites is 1. The number of amides is 3. The summed E-state index contributed by atoms with van der Waals surface area (Å²) in [6.07, 6.45) is -0.630. The molecule has 0 radical (unpaired) electrons. The van der Waals surface area contributed by atoms with Crippen molar-refractivity contribution in [2.75, 3.05) is 5.32 Å². The van der Waals surface area contributed by atoms with Crippen molar-refractivity contribution in [2.45, 2.75) is 98.9 Å². The Morgan fingerprint density at radius 1 is 0.841 bits per heavy atom. The Kier molecular flexibility index (Phi) is 10.5. The molecule has 0 saturated heterocycles. The first-order valence-electron chi connectivity index (χ1n) is 14.9. The number of carbonyl (C=O) groups is 3. The fourth-order valence-corrected chi connectivity index (χ4v) is 5.19. The van der Waals surface area contributed by atoms with Gasteiger partial charge in [0.2, 0.25) is 5.91 Å². The molecular weight excluding hydrogens is 554 g/mol. The number of hydrogen-bond donors (Lipinski definition) is 3. The minimum atomic E-state index is -1.07. The Hall–Kier alpha value is -4.33. The normalized spacial score (nSPS) is 13.0. The fraction of sp³-hybridized carbons (Fsp3) is 0.417. The van der Waals surface area contributed by atoms with Crippen LogP contribution in [0.2, 0.25) is 0 Å². The number of ether oxygens (including phenoxy) is 1. The van der Waals surface area contributed by atoms with E-state index < -0.39 is 35.2 Å². The van der Waals surface area contributed by atoms with E-state index in [1.54, 1.807) is 37.8 Å². The Bertz CT molecular complexity index is 1480. The SMILES string of the molecule is Cc1ccc(C)c(C(C(=O)Nc2c(C)cccc2C)N(C(=O)C(Cc2ccc(O)cc2)NC(=O)OC(C)(C)C)C(C)(C)C)c1. The van der Waals surface area contributed by atoms with E-state index in [1.165, 1.54) is 12.1 Å². The van der Waals surface area contributed by atoms with E-state index in [1.807, 2.05) is 84.9 Å². The summed E-state index contributed by atoms with van der Waals surface area (Å²) in [5.41, 5.74) is 4.09. The van der Waals surface area contributed by atoms with Crippen LogP contribution in [0.25, 0.3) is 0 Å². The van der Waals surface area contributed by atoms with Crippen molar-refractivity contribution in [3.05, 3.63) is 94.0 Å². The third-order valence-corrected chi connectivity index (χ3v) is 7.29. The van der Waals surface area contributed by atoms with Gasteiger partial charge in [-0.3, -0.25) is 9.59 Å². The lowest BCUT2D eigenvalue weighted by Crippen LogP contribution is -2.58. The number of anilines is 1. The van der Waals surface area contributed by atoms with Gasteiger partial charge < -0.3 is 25.4 Å². The first-order chi connectivity index (χ1) is 20.4. The zero-order chi connectivity index (χ0) is 33.0. The molecule has 3 amide bonds. The molecule has 2 unspecified atom stereocenters. The second kappa shape index (κ2) is 13.5. The smallest absolute Gasteiger partial charge is 0.408 e. The molecule has 3 aromatic carbocycles. The lowest BCUT2D eigenvalue weighted by Gasteiger charge is -2.43. The quantitative estimate of drug-likeness (QED) is 0.256. The first kappa shape index (κ1) is 34.2. The van der Waals surface area contributed by atoms with Gasteiger partial charge in [-0.05, 0) is 109 Å². The van der Waals surface area contributed by atoms with Gasteiger partial charge in [-0.2, -0.15) is 0 Å². The average Bonchev–Trinajstić information content (AvgIpc) is 2.89. The molecule has 0 saturated carbocycles. The molecule has 0 aromatic heterocycles. The molecule has 8 heteroatoms. The molecule has 0 fully saturated rings. The van der Waals surface area contributed by atoms with Crippen molar-refractivity contribution in [1.82, 2.24) is 10.2 Å².